The molecule has 154 valence electrons. The van der Waals surface area contributed by atoms with Crippen LogP contribution < -0.4 is 15.1 Å². The zero-order valence-electron chi connectivity index (χ0n) is 17.1. The quantitative estimate of drug-likeness (QED) is 0.836. The number of nitrogens with zero attached hydrogens (tertiary/aromatic N) is 3. The van der Waals surface area contributed by atoms with E-state index in [2.05, 4.69) is 70.6 Å². The number of amides is 2. The van der Waals surface area contributed by atoms with Crippen molar-refractivity contribution < 1.29 is 4.79 Å². The van der Waals surface area contributed by atoms with Crippen molar-refractivity contribution >= 4 is 29.2 Å². The first-order chi connectivity index (χ1) is 14.2. The largest absolute Gasteiger partial charge is 0.370 e. The molecular formula is C23H30N4OS. The second-order valence-electron chi connectivity index (χ2n) is 7.74. The molecule has 0 radical (unpaired) electrons. The molecule has 4 rings (SSSR count). The summed E-state index contributed by atoms with van der Waals surface area (Å²) in [6, 6.07) is 17.2. The second kappa shape index (κ2) is 9.44. The van der Waals surface area contributed by atoms with E-state index in [0.717, 1.165) is 44.8 Å². The van der Waals surface area contributed by atoms with Crippen LogP contribution in [0.15, 0.2) is 48.5 Å². The highest BCUT2D eigenvalue weighted by Crippen LogP contribution is 2.20. The molecule has 0 saturated carbocycles. The first-order valence-corrected chi connectivity index (χ1v) is 11.6. The molecule has 2 heterocycles. The van der Waals surface area contributed by atoms with E-state index in [1.807, 2.05) is 16.7 Å². The number of aryl methyl sites for hydroxylation is 1. The lowest BCUT2D eigenvalue weighted by atomic mass is 10.2. The number of thioether (sulfide) groups is 1. The Morgan fingerprint density at radius 2 is 1.59 bits per heavy atom. The smallest absolute Gasteiger partial charge is 0.317 e. The highest BCUT2D eigenvalue weighted by atomic mass is 32.2. The fraction of sp³-hybridized carbons (Fsp3) is 0.435. The molecule has 0 unspecified atom stereocenters. The number of nitrogens with one attached hydrogen (secondary N) is 1. The van der Waals surface area contributed by atoms with Crippen LogP contribution in [0.25, 0.3) is 0 Å². The van der Waals surface area contributed by atoms with Gasteiger partial charge in [0.15, 0.2) is 0 Å². The van der Waals surface area contributed by atoms with Crippen LogP contribution in [0.1, 0.15) is 11.1 Å². The van der Waals surface area contributed by atoms with Gasteiger partial charge in [-0.05, 0) is 42.3 Å². The van der Waals surface area contributed by atoms with Gasteiger partial charge in [-0.1, -0.05) is 24.3 Å². The summed E-state index contributed by atoms with van der Waals surface area (Å²) < 4.78 is 0. The molecule has 0 aromatic heterocycles. The van der Waals surface area contributed by atoms with Crippen LogP contribution in [-0.4, -0.2) is 61.7 Å². The Morgan fingerprint density at radius 3 is 2.28 bits per heavy atom. The number of piperazine rings is 1. The Kier molecular flexibility index (Phi) is 6.49. The molecule has 6 heteroatoms. The minimum absolute atomic E-state index is 0.0334. The molecule has 0 spiro atoms. The number of hydrogen-bond donors (Lipinski definition) is 1. The van der Waals surface area contributed by atoms with Crippen molar-refractivity contribution in [3.8, 4) is 0 Å². The topological polar surface area (TPSA) is 38.8 Å². The molecule has 2 aromatic carbocycles. The third-order valence-corrected chi connectivity index (χ3v) is 6.63. The van der Waals surface area contributed by atoms with E-state index in [-0.39, 0.29) is 6.03 Å². The lowest BCUT2D eigenvalue weighted by molar-refractivity contribution is 0.194. The summed E-state index contributed by atoms with van der Waals surface area (Å²) in [7, 11) is 0. The van der Waals surface area contributed by atoms with Gasteiger partial charge in [-0.25, -0.2) is 4.79 Å². The van der Waals surface area contributed by atoms with Gasteiger partial charge in [-0.3, -0.25) is 0 Å². The van der Waals surface area contributed by atoms with Crippen LogP contribution in [0, 0.1) is 6.92 Å². The summed E-state index contributed by atoms with van der Waals surface area (Å²) in [6.45, 7) is 8.19. The molecule has 0 bridgehead atoms. The second-order valence-corrected chi connectivity index (χ2v) is 8.96. The molecule has 2 aromatic rings. The zero-order chi connectivity index (χ0) is 20.1. The molecule has 2 aliphatic heterocycles. The summed E-state index contributed by atoms with van der Waals surface area (Å²) >= 11 is 2.02. The molecule has 0 aliphatic carbocycles. The third kappa shape index (κ3) is 5.18. The predicted molar refractivity (Wildman–Crippen MR) is 123 cm³/mol. The van der Waals surface area contributed by atoms with Crippen molar-refractivity contribution in [1.29, 1.82) is 0 Å². The van der Waals surface area contributed by atoms with Crippen molar-refractivity contribution in [3.63, 3.8) is 0 Å². The lowest BCUT2D eigenvalue weighted by Gasteiger charge is -2.36. The van der Waals surface area contributed by atoms with Gasteiger partial charge in [0.25, 0.3) is 0 Å². The highest BCUT2D eigenvalue weighted by molar-refractivity contribution is 7.99. The summed E-state index contributed by atoms with van der Waals surface area (Å²) in [4.78, 5) is 19.3. The van der Waals surface area contributed by atoms with E-state index in [1.54, 1.807) is 0 Å². The van der Waals surface area contributed by atoms with Crippen LogP contribution in [0.5, 0.6) is 0 Å². The summed E-state index contributed by atoms with van der Waals surface area (Å²) in [5.41, 5.74) is 4.95. The zero-order valence-corrected chi connectivity index (χ0v) is 18.0. The molecule has 2 aliphatic rings. The normalized spacial score (nSPS) is 17.3. The predicted octanol–water partition coefficient (Wildman–Crippen LogP) is 3.58. The van der Waals surface area contributed by atoms with E-state index in [0.29, 0.717) is 6.54 Å². The van der Waals surface area contributed by atoms with Gasteiger partial charge in [0.05, 0.1) is 0 Å². The maximum Gasteiger partial charge on any atom is 0.317 e. The van der Waals surface area contributed by atoms with Gasteiger partial charge in [0, 0.05) is 68.7 Å². The SMILES string of the molecule is Cc1cccc(N2CCN(C(=O)NCc3ccc(N4CCSCC4)cc3)CC2)c1. The monoisotopic (exact) mass is 410 g/mol. The van der Waals surface area contributed by atoms with E-state index in [4.69, 9.17) is 0 Å². The molecule has 1 N–H and O–H groups in total. The van der Waals surface area contributed by atoms with E-state index >= 15 is 0 Å². The average molecular weight is 411 g/mol. The van der Waals surface area contributed by atoms with Gasteiger partial charge in [0.1, 0.15) is 0 Å². The molecule has 2 amide bonds. The molecule has 29 heavy (non-hydrogen) atoms. The average Bonchev–Trinajstić information content (AvgIpc) is 2.78. The van der Waals surface area contributed by atoms with Gasteiger partial charge in [0.2, 0.25) is 0 Å². The van der Waals surface area contributed by atoms with Gasteiger partial charge in [-0.15, -0.1) is 0 Å². The minimum Gasteiger partial charge on any atom is -0.370 e. The lowest BCUT2D eigenvalue weighted by Crippen LogP contribution is -2.51. The standard InChI is InChI=1S/C23H30N4OS/c1-19-3-2-4-22(17-19)25-9-11-27(12-10-25)23(28)24-18-20-5-7-21(8-6-20)26-13-15-29-16-14-26/h2-8,17H,9-16,18H2,1H3,(H,24,28). The van der Waals surface area contributed by atoms with Crippen LogP contribution >= 0.6 is 11.8 Å². The Hall–Kier alpha value is -2.34. The number of benzene rings is 2. The van der Waals surface area contributed by atoms with Crippen LogP contribution in [0.3, 0.4) is 0 Å². The molecule has 2 fully saturated rings. The first kappa shape index (κ1) is 20.0. The maximum atomic E-state index is 12.6. The van der Waals surface area contributed by atoms with Crippen LogP contribution in [0.4, 0.5) is 16.2 Å². The maximum absolute atomic E-state index is 12.6. The number of rotatable bonds is 4. The van der Waals surface area contributed by atoms with Crippen molar-refractivity contribution in [3.05, 3.63) is 59.7 Å². The van der Waals surface area contributed by atoms with E-state index in [9.17, 15) is 4.79 Å². The van der Waals surface area contributed by atoms with E-state index in [1.165, 1.54) is 28.4 Å². The number of anilines is 2. The Balaban J connectivity index is 1.24. The van der Waals surface area contributed by atoms with E-state index < -0.39 is 0 Å². The summed E-state index contributed by atoms with van der Waals surface area (Å²) in [6.07, 6.45) is 0. The number of carbonyl (C=O) groups is 1. The van der Waals surface area contributed by atoms with Crippen molar-refractivity contribution in [2.75, 3.05) is 60.6 Å². The van der Waals surface area contributed by atoms with Crippen LogP contribution in [0.2, 0.25) is 0 Å². The fourth-order valence-corrected chi connectivity index (χ4v) is 4.83. The molecule has 0 atom stereocenters. The Labute approximate surface area is 178 Å². The number of carbonyl (C=O) groups excluding carboxylic acids is 1. The minimum atomic E-state index is 0.0334. The summed E-state index contributed by atoms with van der Waals surface area (Å²) in [5, 5.41) is 3.08. The van der Waals surface area contributed by atoms with Gasteiger partial charge >= 0.3 is 6.03 Å². The van der Waals surface area contributed by atoms with Crippen LogP contribution in [-0.2, 0) is 6.54 Å². The van der Waals surface area contributed by atoms with Crippen molar-refractivity contribution in [2.24, 2.45) is 0 Å². The van der Waals surface area contributed by atoms with Gasteiger partial charge in [-0.2, -0.15) is 11.8 Å². The summed E-state index contributed by atoms with van der Waals surface area (Å²) in [5.74, 6) is 2.41. The Morgan fingerprint density at radius 1 is 0.897 bits per heavy atom. The fourth-order valence-electron chi connectivity index (χ4n) is 3.93. The first-order valence-electron chi connectivity index (χ1n) is 10.4. The van der Waals surface area contributed by atoms with Crippen molar-refractivity contribution in [2.45, 2.75) is 13.5 Å². The van der Waals surface area contributed by atoms with Crippen molar-refractivity contribution in [1.82, 2.24) is 10.2 Å². The molecule has 2 saturated heterocycles. The van der Waals surface area contributed by atoms with Gasteiger partial charge < -0.3 is 20.0 Å². The highest BCUT2D eigenvalue weighted by Gasteiger charge is 2.21. The number of urea groups is 1. The molecular weight excluding hydrogens is 380 g/mol. The molecule has 5 nitrogen and oxygen atoms in total. The third-order valence-electron chi connectivity index (χ3n) is 5.69. The Bertz CT molecular complexity index is 812. The number of hydrogen-bond acceptors (Lipinski definition) is 4.